The van der Waals surface area contributed by atoms with Crippen molar-refractivity contribution in [3.05, 3.63) is 29.3 Å². The van der Waals surface area contributed by atoms with E-state index in [-0.39, 0.29) is 18.1 Å². The molecule has 1 saturated carbocycles. The van der Waals surface area contributed by atoms with E-state index in [4.69, 9.17) is 5.26 Å². The molecule has 0 saturated heterocycles. The molecule has 2 atom stereocenters. The van der Waals surface area contributed by atoms with Crippen LogP contribution < -0.4 is 5.32 Å². The van der Waals surface area contributed by atoms with Gasteiger partial charge in [0.2, 0.25) is 0 Å². The molecular weight excluding hydrogens is 281 g/mol. The number of halogens is 3. The average Bonchev–Trinajstić information content (AvgIpc) is 2.91. The summed E-state index contributed by atoms with van der Waals surface area (Å²) in [5.41, 5.74) is -0.420. The Hall–Kier alpha value is -1.74. The van der Waals surface area contributed by atoms with Gasteiger partial charge < -0.3 is 10.4 Å². The highest BCUT2D eigenvalue weighted by Crippen LogP contribution is 2.33. The second-order valence-corrected chi connectivity index (χ2v) is 5.38. The molecule has 2 rings (SSSR count). The molecule has 0 amide bonds. The number of nitriles is 1. The lowest BCUT2D eigenvalue weighted by molar-refractivity contribution is -0.137. The number of nitrogens with one attached hydrogen (secondary N) is 1. The SMILES string of the molecule is N#Cc1cc(C(F)(F)F)ccc1NCC1CCCC1CO. The van der Waals surface area contributed by atoms with Crippen LogP contribution in [0.25, 0.3) is 0 Å². The van der Waals surface area contributed by atoms with E-state index < -0.39 is 11.7 Å². The van der Waals surface area contributed by atoms with E-state index >= 15 is 0 Å². The standard InChI is InChI=1S/C15H17F3N2O/c16-15(17,18)13-4-5-14(12(6-13)7-19)20-8-10-2-1-3-11(10)9-21/h4-6,10-11,20-21H,1-3,8-9H2. The van der Waals surface area contributed by atoms with E-state index in [2.05, 4.69) is 5.32 Å². The van der Waals surface area contributed by atoms with Crippen molar-refractivity contribution in [3.63, 3.8) is 0 Å². The Morgan fingerprint density at radius 2 is 2.00 bits per heavy atom. The van der Waals surface area contributed by atoms with Gasteiger partial charge in [0, 0.05) is 13.2 Å². The number of aliphatic hydroxyl groups excluding tert-OH is 1. The highest BCUT2D eigenvalue weighted by Gasteiger charge is 2.31. The van der Waals surface area contributed by atoms with Gasteiger partial charge in [0.05, 0.1) is 16.8 Å². The smallest absolute Gasteiger partial charge is 0.396 e. The molecule has 0 aliphatic heterocycles. The average molecular weight is 298 g/mol. The van der Waals surface area contributed by atoms with E-state index in [0.717, 1.165) is 31.4 Å². The topological polar surface area (TPSA) is 56.0 Å². The van der Waals surface area contributed by atoms with E-state index in [1.807, 2.05) is 0 Å². The van der Waals surface area contributed by atoms with Gasteiger partial charge in [-0.25, -0.2) is 0 Å². The lowest BCUT2D eigenvalue weighted by Gasteiger charge is -2.19. The summed E-state index contributed by atoms with van der Waals surface area (Å²) in [5, 5.41) is 21.3. The summed E-state index contributed by atoms with van der Waals surface area (Å²) in [5.74, 6) is 0.529. The van der Waals surface area contributed by atoms with Crippen LogP contribution in [-0.2, 0) is 6.18 Å². The van der Waals surface area contributed by atoms with Gasteiger partial charge in [-0.15, -0.1) is 0 Å². The van der Waals surface area contributed by atoms with Crippen LogP contribution in [0.4, 0.5) is 18.9 Å². The number of alkyl halides is 3. The molecule has 1 aliphatic carbocycles. The van der Waals surface area contributed by atoms with Crippen molar-refractivity contribution >= 4 is 5.69 Å². The van der Waals surface area contributed by atoms with Gasteiger partial charge >= 0.3 is 6.18 Å². The summed E-state index contributed by atoms with van der Waals surface area (Å²) < 4.78 is 37.8. The first kappa shape index (κ1) is 15.6. The van der Waals surface area contributed by atoms with Crippen LogP contribution in [0.5, 0.6) is 0 Å². The molecule has 3 nitrogen and oxygen atoms in total. The number of hydrogen-bond donors (Lipinski definition) is 2. The zero-order valence-electron chi connectivity index (χ0n) is 11.5. The molecule has 6 heteroatoms. The van der Waals surface area contributed by atoms with Crippen molar-refractivity contribution in [3.8, 4) is 6.07 Å². The maximum Gasteiger partial charge on any atom is 0.416 e. The highest BCUT2D eigenvalue weighted by molar-refractivity contribution is 5.59. The third-order valence-electron chi connectivity index (χ3n) is 4.07. The van der Waals surface area contributed by atoms with Crippen molar-refractivity contribution in [2.45, 2.75) is 25.4 Å². The number of aliphatic hydroxyl groups is 1. The second-order valence-electron chi connectivity index (χ2n) is 5.38. The molecule has 1 fully saturated rings. The maximum absolute atomic E-state index is 12.6. The third kappa shape index (κ3) is 3.67. The van der Waals surface area contributed by atoms with Crippen LogP contribution >= 0.6 is 0 Å². The maximum atomic E-state index is 12.6. The van der Waals surface area contributed by atoms with Gasteiger partial charge in [-0.1, -0.05) is 6.42 Å². The quantitative estimate of drug-likeness (QED) is 0.895. The van der Waals surface area contributed by atoms with Crippen molar-refractivity contribution < 1.29 is 18.3 Å². The molecule has 2 unspecified atom stereocenters. The monoisotopic (exact) mass is 298 g/mol. The first-order valence-electron chi connectivity index (χ1n) is 6.91. The van der Waals surface area contributed by atoms with Gasteiger partial charge in [0.15, 0.2) is 0 Å². The normalized spacial score (nSPS) is 22.0. The number of hydrogen-bond acceptors (Lipinski definition) is 3. The predicted octanol–water partition coefficient (Wildman–Crippen LogP) is 3.40. The largest absolute Gasteiger partial charge is 0.416 e. The molecule has 1 aromatic rings. The molecule has 1 aromatic carbocycles. The Bertz CT molecular complexity index is 537. The molecule has 0 heterocycles. The Morgan fingerprint density at radius 1 is 1.29 bits per heavy atom. The van der Waals surface area contributed by atoms with E-state index in [9.17, 15) is 18.3 Å². The zero-order chi connectivity index (χ0) is 15.5. The molecule has 1 aliphatic rings. The van der Waals surface area contributed by atoms with Gasteiger partial charge in [0.25, 0.3) is 0 Å². The van der Waals surface area contributed by atoms with Crippen LogP contribution in [0.1, 0.15) is 30.4 Å². The minimum atomic E-state index is -4.45. The molecular formula is C15H17F3N2O. The molecule has 21 heavy (non-hydrogen) atoms. The lowest BCUT2D eigenvalue weighted by atomic mass is 9.96. The summed E-state index contributed by atoms with van der Waals surface area (Å²) in [6.07, 6.45) is -1.44. The van der Waals surface area contributed by atoms with Gasteiger partial charge in [0.1, 0.15) is 6.07 Å². The van der Waals surface area contributed by atoms with Crippen molar-refractivity contribution in [2.24, 2.45) is 11.8 Å². The molecule has 2 N–H and O–H groups in total. The molecule has 0 radical (unpaired) electrons. The summed E-state index contributed by atoms with van der Waals surface area (Å²) in [6, 6.07) is 4.93. The number of nitrogens with zero attached hydrogens (tertiary/aromatic N) is 1. The number of benzene rings is 1. The summed E-state index contributed by atoms with van der Waals surface area (Å²) in [4.78, 5) is 0. The lowest BCUT2D eigenvalue weighted by Crippen LogP contribution is -2.21. The molecule has 0 bridgehead atoms. The second kappa shape index (κ2) is 6.35. The fraction of sp³-hybridized carbons (Fsp3) is 0.533. The van der Waals surface area contributed by atoms with Gasteiger partial charge in [-0.05, 0) is 42.9 Å². The molecule has 114 valence electrons. The Balaban J connectivity index is 2.08. The number of anilines is 1. The van der Waals surface area contributed by atoms with Gasteiger partial charge in [-0.3, -0.25) is 0 Å². The summed E-state index contributed by atoms with van der Waals surface area (Å²) in [6.45, 7) is 0.690. The minimum Gasteiger partial charge on any atom is -0.396 e. The highest BCUT2D eigenvalue weighted by atomic mass is 19.4. The summed E-state index contributed by atoms with van der Waals surface area (Å²) in [7, 11) is 0. The summed E-state index contributed by atoms with van der Waals surface area (Å²) >= 11 is 0. The zero-order valence-corrected chi connectivity index (χ0v) is 11.5. The molecule has 0 spiro atoms. The van der Waals surface area contributed by atoms with Crippen molar-refractivity contribution in [2.75, 3.05) is 18.5 Å². The Kier molecular flexibility index (Phi) is 4.73. The van der Waals surface area contributed by atoms with E-state index in [1.54, 1.807) is 6.07 Å². The van der Waals surface area contributed by atoms with Crippen LogP contribution in [0.2, 0.25) is 0 Å². The fourth-order valence-corrected chi connectivity index (χ4v) is 2.83. The minimum absolute atomic E-state index is 0.0108. The van der Waals surface area contributed by atoms with Gasteiger partial charge in [-0.2, -0.15) is 18.4 Å². The first-order valence-corrected chi connectivity index (χ1v) is 6.91. The Labute approximate surface area is 121 Å². The Morgan fingerprint density at radius 3 is 2.62 bits per heavy atom. The molecule has 0 aromatic heterocycles. The van der Waals surface area contributed by atoms with Crippen molar-refractivity contribution in [1.29, 1.82) is 5.26 Å². The van der Waals surface area contributed by atoms with Crippen LogP contribution in [0, 0.1) is 23.2 Å². The van der Waals surface area contributed by atoms with Crippen LogP contribution in [-0.4, -0.2) is 18.3 Å². The van der Waals surface area contributed by atoms with Crippen LogP contribution in [0.3, 0.4) is 0 Å². The van der Waals surface area contributed by atoms with Crippen molar-refractivity contribution in [1.82, 2.24) is 0 Å². The van der Waals surface area contributed by atoms with E-state index in [1.165, 1.54) is 6.07 Å². The third-order valence-corrected chi connectivity index (χ3v) is 4.07. The van der Waals surface area contributed by atoms with E-state index in [0.29, 0.717) is 18.2 Å². The first-order chi connectivity index (χ1) is 9.95. The number of rotatable bonds is 4. The fourth-order valence-electron chi connectivity index (χ4n) is 2.83. The van der Waals surface area contributed by atoms with Crippen LogP contribution in [0.15, 0.2) is 18.2 Å². The predicted molar refractivity (Wildman–Crippen MR) is 72.6 cm³/mol.